The Morgan fingerprint density at radius 3 is 2.83 bits per heavy atom. The first-order chi connectivity index (χ1) is 11.6. The number of aryl methyl sites for hydroxylation is 2. The van der Waals surface area contributed by atoms with E-state index < -0.39 is 6.10 Å². The Balaban J connectivity index is 1.63. The van der Waals surface area contributed by atoms with E-state index in [1.54, 1.807) is 6.92 Å². The molecule has 1 amide bonds. The summed E-state index contributed by atoms with van der Waals surface area (Å²) in [5, 5.41) is 0. The summed E-state index contributed by atoms with van der Waals surface area (Å²) in [6.45, 7) is 4.60. The fourth-order valence-corrected chi connectivity index (χ4v) is 4.95. The van der Waals surface area contributed by atoms with Crippen molar-refractivity contribution in [1.29, 1.82) is 0 Å². The van der Waals surface area contributed by atoms with Crippen LogP contribution in [0, 0.1) is 0 Å². The first kappa shape index (κ1) is 17.5. The van der Waals surface area contributed by atoms with E-state index in [-0.39, 0.29) is 11.9 Å². The summed E-state index contributed by atoms with van der Waals surface area (Å²) in [4.78, 5) is 29.0. The Morgan fingerprint density at radius 1 is 1.29 bits per heavy atom. The highest BCUT2D eigenvalue weighted by atomic mass is 32.1. The number of fused-ring (bicyclic) bond motifs is 1. The van der Waals surface area contributed by atoms with Crippen LogP contribution in [0.3, 0.4) is 0 Å². The molecule has 1 aliphatic carbocycles. The molecule has 24 heavy (non-hydrogen) atoms. The van der Waals surface area contributed by atoms with E-state index in [0.717, 1.165) is 38.6 Å². The number of hydrogen-bond acceptors (Lipinski definition) is 4. The fourth-order valence-electron chi connectivity index (χ4n) is 3.81. The van der Waals surface area contributed by atoms with E-state index in [2.05, 4.69) is 6.92 Å². The van der Waals surface area contributed by atoms with Crippen LogP contribution in [0.2, 0.25) is 0 Å². The highest BCUT2D eigenvalue weighted by molar-refractivity contribution is 7.14. The number of amides is 1. The summed E-state index contributed by atoms with van der Waals surface area (Å²) in [7, 11) is 0. The van der Waals surface area contributed by atoms with Crippen LogP contribution in [-0.2, 0) is 22.4 Å². The molecule has 0 spiro atoms. The van der Waals surface area contributed by atoms with Gasteiger partial charge in [0.05, 0.1) is 0 Å². The minimum atomic E-state index is -0.705. The van der Waals surface area contributed by atoms with Crippen LogP contribution in [0.1, 0.15) is 72.5 Å². The molecule has 0 bridgehead atoms. The van der Waals surface area contributed by atoms with E-state index in [4.69, 9.17) is 4.74 Å². The van der Waals surface area contributed by atoms with Gasteiger partial charge in [0.1, 0.15) is 4.88 Å². The van der Waals surface area contributed by atoms with Crippen molar-refractivity contribution in [3.63, 3.8) is 0 Å². The molecule has 2 unspecified atom stereocenters. The van der Waals surface area contributed by atoms with E-state index in [0.29, 0.717) is 10.9 Å². The zero-order valence-electron chi connectivity index (χ0n) is 14.7. The van der Waals surface area contributed by atoms with E-state index in [1.165, 1.54) is 41.0 Å². The minimum absolute atomic E-state index is 0.0452. The molecule has 4 nitrogen and oxygen atoms in total. The topological polar surface area (TPSA) is 46.6 Å². The van der Waals surface area contributed by atoms with Crippen molar-refractivity contribution in [3.05, 3.63) is 21.4 Å². The van der Waals surface area contributed by atoms with Gasteiger partial charge in [-0.3, -0.25) is 4.79 Å². The van der Waals surface area contributed by atoms with Gasteiger partial charge in [-0.25, -0.2) is 4.79 Å². The van der Waals surface area contributed by atoms with Gasteiger partial charge in [0, 0.05) is 17.5 Å². The van der Waals surface area contributed by atoms with E-state index >= 15 is 0 Å². The average molecular weight is 349 g/mol. The molecule has 1 aromatic rings. The Labute approximate surface area is 148 Å². The molecule has 5 heteroatoms. The van der Waals surface area contributed by atoms with Crippen LogP contribution in [0.4, 0.5) is 0 Å². The zero-order valence-corrected chi connectivity index (χ0v) is 15.5. The minimum Gasteiger partial charge on any atom is -0.448 e. The van der Waals surface area contributed by atoms with Gasteiger partial charge in [0.25, 0.3) is 5.91 Å². The first-order valence-corrected chi connectivity index (χ1v) is 10.0. The molecule has 2 atom stereocenters. The average Bonchev–Trinajstić information content (AvgIpc) is 3.05. The number of nitrogens with zero attached hydrogens (tertiary/aromatic N) is 1. The van der Waals surface area contributed by atoms with Gasteiger partial charge in [-0.15, -0.1) is 11.3 Å². The number of thiophene rings is 1. The van der Waals surface area contributed by atoms with Crippen LogP contribution in [-0.4, -0.2) is 35.5 Å². The Morgan fingerprint density at radius 2 is 2.08 bits per heavy atom. The van der Waals surface area contributed by atoms with Crippen LogP contribution >= 0.6 is 11.3 Å². The Kier molecular flexibility index (Phi) is 5.59. The van der Waals surface area contributed by atoms with Gasteiger partial charge in [-0.1, -0.05) is 6.92 Å². The number of hydrogen-bond donors (Lipinski definition) is 0. The molecule has 2 heterocycles. The third kappa shape index (κ3) is 3.66. The predicted octanol–water partition coefficient (Wildman–Crippen LogP) is 3.96. The molecule has 1 fully saturated rings. The largest absolute Gasteiger partial charge is 0.448 e. The van der Waals surface area contributed by atoms with Crippen molar-refractivity contribution in [2.75, 3.05) is 6.54 Å². The first-order valence-electron chi connectivity index (χ1n) is 9.23. The number of piperidine rings is 1. The van der Waals surface area contributed by atoms with Gasteiger partial charge in [0.15, 0.2) is 6.10 Å². The summed E-state index contributed by atoms with van der Waals surface area (Å²) >= 11 is 1.54. The van der Waals surface area contributed by atoms with Crippen LogP contribution in [0.25, 0.3) is 0 Å². The monoisotopic (exact) mass is 349 g/mol. The van der Waals surface area contributed by atoms with Crippen molar-refractivity contribution < 1.29 is 14.3 Å². The summed E-state index contributed by atoms with van der Waals surface area (Å²) in [5.74, 6) is -0.392. The molecular formula is C19H27NO3S. The van der Waals surface area contributed by atoms with Crippen molar-refractivity contribution in [2.24, 2.45) is 0 Å². The molecule has 0 N–H and O–H groups in total. The third-order valence-corrected chi connectivity index (χ3v) is 6.43. The number of rotatable bonds is 4. The maximum atomic E-state index is 12.7. The van der Waals surface area contributed by atoms with Gasteiger partial charge in [0.2, 0.25) is 0 Å². The van der Waals surface area contributed by atoms with Crippen LogP contribution in [0.5, 0.6) is 0 Å². The summed E-state index contributed by atoms with van der Waals surface area (Å²) < 4.78 is 5.50. The second kappa shape index (κ2) is 7.68. The van der Waals surface area contributed by atoms with Gasteiger partial charge in [-0.05, 0) is 69.9 Å². The van der Waals surface area contributed by atoms with Gasteiger partial charge >= 0.3 is 5.97 Å². The second-order valence-electron chi connectivity index (χ2n) is 6.90. The zero-order chi connectivity index (χ0) is 17.1. The lowest BCUT2D eigenvalue weighted by atomic mass is 9.99. The maximum Gasteiger partial charge on any atom is 0.349 e. The van der Waals surface area contributed by atoms with Crippen molar-refractivity contribution >= 4 is 23.2 Å². The summed E-state index contributed by atoms with van der Waals surface area (Å²) in [5.41, 5.74) is 1.29. The van der Waals surface area contributed by atoms with E-state index in [1.807, 2.05) is 11.0 Å². The molecule has 1 aromatic heterocycles. The lowest BCUT2D eigenvalue weighted by molar-refractivity contribution is -0.143. The number of likely N-dealkylation sites (tertiary alicyclic amines) is 1. The normalized spacial score (nSPS) is 21.9. The molecule has 3 rings (SSSR count). The van der Waals surface area contributed by atoms with Crippen LogP contribution < -0.4 is 0 Å². The lowest BCUT2D eigenvalue weighted by Crippen LogP contribution is -2.48. The smallest absolute Gasteiger partial charge is 0.349 e. The number of esters is 1. The van der Waals surface area contributed by atoms with Crippen molar-refractivity contribution in [2.45, 2.75) is 77.4 Å². The molecule has 0 radical (unpaired) electrons. The highest BCUT2D eigenvalue weighted by Gasteiger charge is 2.31. The quantitative estimate of drug-likeness (QED) is 0.773. The summed E-state index contributed by atoms with van der Waals surface area (Å²) in [6.07, 6.45) is 8.05. The number of carbonyl (C=O) groups excluding carboxylic acids is 2. The predicted molar refractivity (Wildman–Crippen MR) is 95.5 cm³/mol. The Bertz CT molecular complexity index is 586. The van der Waals surface area contributed by atoms with E-state index in [9.17, 15) is 9.59 Å². The molecule has 1 saturated heterocycles. The maximum absolute atomic E-state index is 12.7. The summed E-state index contributed by atoms with van der Waals surface area (Å²) in [6, 6.07) is 2.26. The highest BCUT2D eigenvalue weighted by Crippen LogP contribution is 2.30. The van der Waals surface area contributed by atoms with Crippen molar-refractivity contribution in [1.82, 2.24) is 4.90 Å². The molecule has 132 valence electrons. The second-order valence-corrected chi connectivity index (χ2v) is 8.04. The van der Waals surface area contributed by atoms with Crippen LogP contribution in [0.15, 0.2) is 6.07 Å². The van der Waals surface area contributed by atoms with Gasteiger partial charge in [-0.2, -0.15) is 0 Å². The SMILES string of the molecule is CCC1CCCCN1C(=O)C(C)OC(=O)c1cc2c(s1)CCCC2. The number of ether oxygens (including phenoxy) is 1. The molecule has 0 aromatic carbocycles. The third-order valence-electron chi connectivity index (χ3n) is 5.21. The molecule has 1 aliphatic heterocycles. The number of carbonyl (C=O) groups is 2. The Hall–Kier alpha value is -1.36. The standard InChI is InChI=1S/C19H27NO3S/c1-3-15-9-6-7-11-20(15)18(21)13(2)23-19(22)17-12-14-8-4-5-10-16(14)24-17/h12-13,15H,3-11H2,1-2H3. The molecule has 2 aliphatic rings. The fraction of sp³-hybridized carbons (Fsp3) is 0.684. The lowest BCUT2D eigenvalue weighted by Gasteiger charge is -2.36. The molecular weight excluding hydrogens is 322 g/mol. The molecule has 0 saturated carbocycles. The van der Waals surface area contributed by atoms with Crippen molar-refractivity contribution in [3.8, 4) is 0 Å². The van der Waals surface area contributed by atoms with Gasteiger partial charge < -0.3 is 9.64 Å².